The van der Waals surface area contributed by atoms with E-state index in [0.29, 0.717) is 5.13 Å². The van der Waals surface area contributed by atoms with Crippen molar-refractivity contribution in [3.05, 3.63) is 22.4 Å². The first kappa shape index (κ1) is 10.6. The van der Waals surface area contributed by atoms with Crippen LogP contribution in [0.15, 0.2) is 17.5 Å². The highest BCUT2D eigenvalue weighted by atomic mass is 32.1. The molecule has 0 fully saturated rings. The summed E-state index contributed by atoms with van der Waals surface area (Å²) in [4.78, 5) is 6.86. The third kappa shape index (κ3) is 2.21. The van der Waals surface area contributed by atoms with Gasteiger partial charge in [0.1, 0.15) is 0 Å². The molecule has 2 rings (SSSR count). The second-order valence-electron chi connectivity index (χ2n) is 4.48. The van der Waals surface area contributed by atoms with E-state index in [-0.39, 0.29) is 5.41 Å². The SMILES string of the molecule is CC(C)(C)c1ccc(-c2csc(N)n2)s1. The van der Waals surface area contributed by atoms with E-state index < -0.39 is 0 Å². The Hall–Kier alpha value is -0.870. The van der Waals surface area contributed by atoms with Crippen LogP contribution in [0.4, 0.5) is 5.13 Å². The molecule has 0 aliphatic heterocycles. The van der Waals surface area contributed by atoms with Gasteiger partial charge in [-0.3, -0.25) is 0 Å². The lowest BCUT2D eigenvalue weighted by Crippen LogP contribution is -2.07. The average molecular weight is 238 g/mol. The summed E-state index contributed by atoms with van der Waals surface area (Å²) in [5.41, 5.74) is 6.83. The van der Waals surface area contributed by atoms with Gasteiger partial charge in [-0.1, -0.05) is 20.8 Å². The van der Waals surface area contributed by atoms with E-state index in [1.807, 2.05) is 5.38 Å². The molecule has 2 nitrogen and oxygen atoms in total. The molecule has 2 heterocycles. The zero-order valence-corrected chi connectivity index (χ0v) is 10.7. The number of hydrogen-bond acceptors (Lipinski definition) is 4. The summed E-state index contributed by atoms with van der Waals surface area (Å²) in [5, 5.41) is 2.64. The molecular formula is C11H14N2S2. The van der Waals surface area contributed by atoms with Crippen LogP contribution in [0.25, 0.3) is 10.6 Å². The van der Waals surface area contributed by atoms with Gasteiger partial charge in [0.25, 0.3) is 0 Å². The molecule has 0 aliphatic carbocycles. The Balaban J connectivity index is 2.36. The molecule has 0 radical (unpaired) electrons. The van der Waals surface area contributed by atoms with E-state index in [1.165, 1.54) is 21.1 Å². The minimum atomic E-state index is 0.213. The van der Waals surface area contributed by atoms with Crippen molar-refractivity contribution in [2.24, 2.45) is 0 Å². The first-order valence-electron chi connectivity index (χ1n) is 4.78. The fraction of sp³-hybridized carbons (Fsp3) is 0.364. The topological polar surface area (TPSA) is 38.9 Å². The Morgan fingerprint density at radius 1 is 1.27 bits per heavy atom. The predicted molar refractivity (Wildman–Crippen MR) is 68.5 cm³/mol. The third-order valence-corrected chi connectivity index (χ3v) is 4.33. The van der Waals surface area contributed by atoms with Crippen LogP contribution in [0.3, 0.4) is 0 Å². The first-order valence-corrected chi connectivity index (χ1v) is 6.48. The average Bonchev–Trinajstić information content (AvgIpc) is 2.69. The van der Waals surface area contributed by atoms with E-state index in [2.05, 4.69) is 37.9 Å². The number of nitrogens with zero attached hydrogens (tertiary/aromatic N) is 1. The number of thiophene rings is 1. The molecule has 80 valence electrons. The zero-order chi connectivity index (χ0) is 11.1. The number of anilines is 1. The Kier molecular flexibility index (Phi) is 2.56. The highest BCUT2D eigenvalue weighted by Gasteiger charge is 2.17. The summed E-state index contributed by atoms with van der Waals surface area (Å²) in [5.74, 6) is 0. The van der Waals surface area contributed by atoms with Gasteiger partial charge in [0.2, 0.25) is 0 Å². The van der Waals surface area contributed by atoms with E-state index in [9.17, 15) is 0 Å². The number of nitrogen functional groups attached to an aromatic ring is 1. The highest BCUT2D eigenvalue weighted by molar-refractivity contribution is 7.17. The van der Waals surface area contributed by atoms with Crippen LogP contribution in [-0.2, 0) is 5.41 Å². The molecule has 0 saturated heterocycles. The summed E-state index contributed by atoms with van der Waals surface area (Å²) < 4.78 is 0. The van der Waals surface area contributed by atoms with Crippen molar-refractivity contribution in [1.82, 2.24) is 4.98 Å². The largest absolute Gasteiger partial charge is 0.375 e. The maximum absolute atomic E-state index is 5.62. The normalized spacial score (nSPS) is 11.9. The van der Waals surface area contributed by atoms with Crippen molar-refractivity contribution < 1.29 is 0 Å². The second-order valence-corrected chi connectivity index (χ2v) is 6.46. The first-order chi connectivity index (χ1) is 6.97. The molecule has 2 aromatic rings. The molecule has 4 heteroatoms. The lowest BCUT2D eigenvalue weighted by Gasteiger charge is -2.15. The summed E-state index contributed by atoms with van der Waals surface area (Å²) in [7, 11) is 0. The Morgan fingerprint density at radius 3 is 2.47 bits per heavy atom. The third-order valence-electron chi connectivity index (χ3n) is 2.12. The molecule has 0 saturated carbocycles. The van der Waals surface area contributed by atoms with Gasteiger partial charge in [-0.25, -0.2) is 4.98 Å². The molecule has 0 bridgehead atoms. The van der Waals surface area contributed by atoms with Gasteiger partial charge in [-0.15, -0.1) is 22.7 Å². The Morgan fingerprint density at radius 2 is 2.00 bits per heavy atom. The van der Waals surface area contributed by atoms with Gasteiger partial charge in [0, 0.05) is 10.3 Å². The summed E-state index contributed by atoms with van der Waals surface area (Å²) in [6.45, 7) is 6.66. The number of thiazole rings is 1. The predicted octanol–water partition coefficient (Wildman–Crippen LogP) is 3.75. The van der Waals surface area contributed by atoms with Crippen molar-refractivity contribution in [3.8, 4) is 10.6 Å². The number of rotatable bonds is 1. The van der Waals surface area contributed by atoms with Gasteiger partial charge < -0.3 is 5.73 Å². The molecule has 0 amide bonds. The number of hydrogen-bond donors (Lipinski definition) is 1. The molecule has 0 unspecified atom stereocenters. The second kappa shape index (κ2) is 3.61. The van der Waals surface area contributed by atoms with Crippen LogP contribution >= 0.6 is 22.7 Å². The minimum Gasteiger partial charge on any atom is -0.375 e. The van der Waals surface area contributed by atoms with Crippen LogP contribution in [0.1, 0.15) is 25.6 Å². The van der Waals surface area contributed by atoms with E-state index in [1.54, 1.807) is 11.3 Å². The smallest absolute Gasteiger partial charge is 0.180 e. The van der Waals surface area contributed by atoms with Gasteiger partial charge in [0.05, 0.1) is 10.6 Å². The van der Waals surface area contributed by atoms with Crippen LogP contribution < -0.4 is 5.73 Å². The monoisotopic (exact) mass is 238 g/mol. The van der Waals surface area contributed by atoms with Crippen molar-refractivity contribution in [3.63, 3.8) is 0 Å². The molecule has 0 spiro atoms. The zero-order valence-electron chi connectivity index (χ0n) is 9.07. The van der Waals surface area contributed by atoms with Crippen molar-refractivity contribution in [1.29, 1.82) is 0 Å². The van der Waals surface area contributed by atoms with E-state index in [0.717, 1.165) is 5.69 Å². The lowest BCUT2D eigenvalue weighted by atomic mass is 9.95. The van der Waals surface area contributed by atoms with Crippen molar-refractivity contribution in [2.75, 3.05) is 5.73 Å². The molecule has 2 N–H and O–H groups in total. The molecule has 15 heavy (non-hydrogen) atoms. The lowest BCUT2D eigenvalue weighted by molar-refractivity contribution is 0.604. The molecule has 0 aromatic carbocycles. The molecule has 0 atom stereocenters. The standard InChI is InChI=1S/C11H14N2S2/c1-11(2,3)9-5-4-8(15-9)7-6-14-10(12)13-7/h4-6H,1-3H3,(H2,12,13). The van der Waals surface area contributed by atoms with Crippen LogP contribution in [0.2, 0.25) is 0 Å². The molecular weight excluding hydrogens is 224 g/mol. The van der Waals surface area contributed by atoms with Crippen molar-refractivity contribution in [2.45, 2.75) is 26.2 Å². The van der Waals surface area contributed by atoms with Crippen LogP contribution in [-0.4, -0.2) is 4.98 Å². The molecule has 2 aromatic heterocycles. The van der Waals surface area contributed by atoms with E-state index >= 15 is 0 Å². The maximum atomic E-state index is 5.62. The van der Waals surface area contributed by atoms with Gasteiger partial charge >= 0.3 is 0 Å². The van der Waals surface area contributed by atoms with E-state index in [4.69, 9.17) is 5.73 Å². The number of nitrogens with two attached hydrogens (primary N) is 1. The number of aromatic nitrogens is 1. The van der Waals surface area contributed by atoms with Crippen LogP contribution in [0.5, 0.6) is 0 Å². The molecule has 0 aliphatic rings. The highest BCUT2D eigenvalue weighted by Crippen LogP contribution is 2.35. The summed E-state index contributed by atoms with van der Waals surface area (Å²) in [6.07, 6.45) is 0. The van der Waals surface area contributed by atoms with Gasteiger partial charge in [-0.2, -0.15) is 0 Å². The van der Waals surface area contributed by atoms with Crippen LogP contribution in [0, 0.1) is 0 Å². The van der Waals surface area contributed by atoms with Gasteiger partial charge in [-0.05, 0) is 17.5 Å². The Bertz CT molecular complexity index is 463. The summed E-state index contributed by atoms with van der Waals surface area (Å²) >= 11 is 3.28. The maximum Gasteiger partial charge on any atom is 0.180 e. The quantitative estimate of drug-likeness (QED) is 0.821. The van der Waals surface area contributed by atoms with Gasteiger partial charge in [0.15, 0.2) is 5.13 Å². The Labute approximate surface area is 97.8 Å². The fourth-order valence-electron chi connectivity index (χ4n) is 1.28. The minimum absolute atomic E-state index is 0.213. The van der Waals surface area contributed by atoms with Crippen molar-refractivity contribution >= 4 is 27.8 Å². The summed E-state index contributed by atoms with van der Waals surface area (Å²) in [6, 6.07) is 4.30. The fourth-order valence-corrected chi connectivity index (χ4v) is 2.94.